The van der Waals surface area contributed by atoms with E-state index in [0.29, 0.717) is 3.57 Å². The fourth-order valence-corrected chi connectivity index (χ4v) is 5.24. The minimum absolute atomic E-state index is 0.00765. The van der Waals surface area contributed by atoms with Gasteiger partial charge in [-0.25, -0.2) is 4.79 Å². The van der Waals surface area contributed by atoms with Gasteiger partial charge in [0.25, 0.3) is 0 Å². The molecule has 0 radical (unpaired) electrons. The molecule has 0 atom stereocenters. The molecule has 1 saturated heterocycles. The quantitative estimate of drug-likeness (QED) is 0.406. The van der Waals surface area contributed by atoms with Crippen LogP contribution in [0.1, 0.15) is 41.6 Å². The van der Waals surface area contributed by atoms with Crippen molar-refractivity contribution in [1.82, 2.24) is 5.32 Å². The molecule has 4 nitrogen and oxygen atoms in total. The summed E-state index contributed by atoms with van der Waals surface area (Å²) in [6.45, 7) is 1.83. The maximum absolute atomic E-state index is 13.0. The molecule has 3 rings (SSSR count). The number of rotatable bonds is 3. The molecule has 0 aliphatic carbocycles. The first-order valence-corrected chi connectivity index (χ1v) is 10.9. The summed E-state index contributed by atoms with van der Waals surface area (Å²) >= 11 is 4.18. The number of benzene rings is 2. The molecule has 1 fully saturated rings. The van der Waals surface area contributed by atoms with Gasteiger partial charge in [-0.1, -0.05) is 30.3 Å². The van der Waals surface area contributed by atoms with E-state index < -0.39 is 11.6 Å². The second kappa shape index (κ2) is 8.88. The molecule has 2 aromatic carbocycles. The summed E-state index contributed by atoms with van der Waals surface area (Å²) in [6.07, 6.45) is 3.38. The average molecular weight is 577 g/mol. The molecule has 138 valence electrons. The van der Waals surface area contributed by atoms with Crippen molar-refractivity contribution < 1.29 is 14.6 Å². The standard InChI is InChI=1S/C20H21I2NO3/c21-15-12-16(18(24)17(22)13-15)19(25)26-20(14-6-2-1-3-7-14)8-4-10-23-11-5-9-20/h1-3,6-7,12-13,23-24H,4-5,8-11H2. The van der Waals surface area contributed by atoms with E-state index in [4.69, 9.17) is 4.74 Å². The molecule has 0 bridgehead atoms. The molecule has 2 N–H and O–H groups in total. The Bertz CT molecular complexity index is 772. The van der Waals surface area contributed by atoms with E-state index in [9.17, 15) is 9.90 Å². The van der Waals surface area contributed by atoms with Crippen molar-refractivity contribution >= 4 is 51.2 Å². The van der Waals surface area contributed by atoms with Crippen LogP contribution in [0.15, 0.2) is 42.5 Å². The molecule has 0 saturated carbocycles. The van der Waals surface area contributed by atoms with Crippen LogP contribution in [0.5, 0.6) is 5.75 Å². The van der Waals surface area contributed by atoms with Gasteiger partial charge in [0.1, 0.15) is 16.9 Å². The maximum Gasteiger partial charge on any atom is 0.342 e. The number of phenols is 1. The van der Waals surface area contributed by atoms with Crippen molar-refractivity contribution in [1.29, 1.82) is 0 Å². The van der Waals surface area contributed by atoms with E-state index in [1.54, 1.807) is 6.07 Å². The lowest BCUT2D eigenvalue weighted by Crippen LogP contribution is -2.36. The zero-order valence-corrected chi connectivity index (χ0v) is 18.6. The molecule has 0 spiro atoms. The first kappa shape index (κ1) is 19.9. The highest BCUT2D eigenvalue weighted by Gasteiger charge is 2.37. The summed E-state index contributed by atoms with van der Waals surface area (Å²) < 4.78 is 7.69. The monoisotopic (exact) mass is 577 g/mol. The van der Waals surface area contributed by atoms with Gasteiger partial charge >= 0.3 is 5.97 Å². The molecule has 1 aliphatic heterocycles. The molecular formula is C20H21I2NO3. The summed E-state index contributed by atoms with van der Waals surface area (Å²) in [4.78, 5) is 13.0. The topological polar surface area (TPSA) is 58.6 Å². The number of aromatic hydroxyl groups is 1. The van der Waals surface area contributed by atoms with Crippen LogP contribution in [-0.2, 0) is 10.3 Å². The molecule has 0 unspecified atom stereocenters. The first-order valence-electron chi connectivity index (χ1n) is 8.69. The molecule has 0 amide bonds. The SMILES string of the molecule is O=C(OC1(c2ccccc2)CCCNCCC1)c1cc(I)cc(I)c1O. The Morgan fingerprint density at radius 2 is 1.73 bits per heavy atom. The van der Waals surface area contributed by atoms with Gasteiger partial charge in [0.2, 0.25) is 0 Å². The van der Waals surface area contributed by atoms with Gasteiger partial charge in [0.15, 0.2) is 0 Å². The Hall–Kier alpha value is -0.870. The fourth-order valence-electron chi connectivity index (χ4n) is 3.39. The highest BCUT2D eigenvalue weighted by Crippen LogP contribution is 2.38. The van der Waals surface area contributed by atoms with Crippen LogP contribution in [0.4, 0.5) is 0 Å². The minimum atomic E-state index is -0.653. The lowest BCUT2D eigenvalue weighted by molar-refractivity contribution is -0.0351. The third-order valence-corrected chi connectivity index (χ3v) is 6.15. The van der Waals surface area contributed by atoms with Crippen molar-refractivity contribution in [2.45, 2.75) is 31.3 Å². The van der Waals surface area contributed by atoms with Crippen molar-refractivity contribution in [3.05, 3.63) is 60.7 Å². The van der Waals surface area contributed by atoms with E-state index in [0.717, 1.165) is 47.9 Å². The third-order valence-electron chi connectivity index (χ3n) is 4.70. The molecule has 1 heterocycles. The van der Waals surface area contributed by atoms with Crippen molar-refractivity contribution in [3.63, 3.8) is 0 Å². The molecule has 0 aromatic heterocycles. The molecule has 1 aliphatic rings. The number of carbonyl (C=O) groups is 1. The van der Waals surface area contributed by atoms with E-state index in [1.807, 2.05) is 59.0 Å². The zero-order valence-electron chi connectivity index (χ0n) is 14.3. The Kier molecular flexibility index (Phi) is 6.79. The van der Waals surface area contributed by atoms with Crippen LogP contribution in [-0.4, -0.2) is 24.2 Å². The number of halogens is 2. The van der Waals surface area contributed by atoms with Crippen molar-refractivity contribution in [2.24, 2.45) is 0 Å². The molecule has 6 heteroatoms. The molecular weight excluding hydrogens is 556 g/mol. The Morgan fingerprint density at radius 1 is 1.08 bits per heavy atom. The zero-order chi connectivity index (χ0) is 18.6. The maximum atomic E-state index is 13.0. The lowest BCUT2D eigenvalue weighted by Gasteiger charge is -2.36. The Balaban J connectivity index is 1.97. The normalized spacial score (nSPS) is 17.2. The Morgan fingerprint density at radius 3 is 2.38 bits per heavy atom. The van der Waals surface area contributed by atoms with Gasteiger partial charge in [-0.05, 0) is 102 Å². The number of nitrogens with one attached hydrogen (secondary N) is 1. The first-order chi connectivity index (χ1) is 12.5. The van der Waals surface area contributed by atoms with E-state index in [2.05, 4.69) is 27.9 Å². The van der Waals surface area contributed by atoms with Gasteiger partial charge in [-0.15, -0.1) is 0 Å². The lowest BCUT2D eigenvalue weighted by atomic mass is 9.83. The number of phenolic OH excluding ortho intramolecular Hbond substituents is 1. The van der Waals surface area contributed by atoms with Crippen LogP contribution in [0.25, 0.3) is 0 Å². The summed E-state index contributed by atoms with van der Waals surface area (Å²) in [6, 6.07) is 13.5. The number of ether oxygens (including phenoxy) is 1. The average Bonchev–Trinajstić information content (AvgIpc) is 2.61. The summed E-state index contributed by atoms with van der Waals surface area (Å²) in [7, 11) is 0. The van der Waals surface area contributed by atoms with Gasteiger partial charge < -0.3 is 15.2 Å². The number of carbonyl (C=O) groups excluding carboxylic acids is 1. The molecule has 2 aromatic rings. The molecule has 26 heavy (non-hydrogen) atoms. The van der Waals surface area contributed by atoms with E-state index in [-0.39, 0.29) is 11.3 Å². The van der Waals surface area contributed by atoms with Crippen LogP contribution in [0.3, 0.4) is 0 Å². The Labute approximate surface area is 181 Å². The smallest absolute Gasteiger partial charge is 0.342 e. The van der Waals surface area contributed by atoms with Crippen molar-refractivity contribution in [2.75, 3.05) is 13.1 Å². The van der Waals surface area contributed by atoms with Crippen LogP contribution in [0.2, 0.25) is 0 Å². The summed E-state index contributed by atoms with van der Waals surface area (Å²) in [5.41, 5.74) is 0.603. The second-order valence-corrected chi connectivity index (χ2v) is 8.90. The van der Waals surface area contributed by atoms with Gasteiger partial charge in [0.05, 0.1) is 3.57 Å². The predicted octanol–water partition coefficient (Wildman–Crippen LogP) is 4.82. The highest BCUT2D eigenvalue weighted by molar-refractivity contribution is 14.1. The predicted molar refractivity (Wildman–Crippen MR) is 118 cm³/mol. The number of hydrogen-bond acceptors (Lipinski definition) is 4. The third kappa shape index (κ3) is 4.51. The number of hydrogen-bond donors (Lipinski definition) is 2. The van der Waals surface area contributed by atoms with Gasteiger partial charge in [-0.2, -0.15) is 0 Å². The largest absolute Gasteiger partial charge is 0.506 e. The van der Waals surface area contributed by atoms with Crippen LogP contribution in [0, 0.1) is 7.14 Å². The van der Waals surface area contributed by atoms with Gasteiger partial charge in [0, 0.05) is 3.57 Å². The van der Waals surface area contributed by atoms with Crippen LogP contribution < -0.4 is 5.32 Å². The summed E-state index contributed by atoms with van der Waals surface area (Å²) in [5.74, 6) is -0.469. The van der Waals surface area contributed by atoms with E-state index in [1.165, 1.54) is 0 Å². The van der Waals surface area contributed by atoms with E-state index >= 15 is 0 Å². The second-order valence-electron chi connectivity index (χ2n) is 6.49. The highest BCUT2D eigenvalue weighted by atomic mass is 127. The summed E-state index contributed by atoms with van der Waals surface area (Å²) in [5, 5.41) is 13.8. The minimum Gasteiger partial charge on any atom is -0.506 e. The number of esters is 1. The van der Waals surface area contributed by atoms with Gasteiger partial charge in [-0.3, -0.25) is 0 Å². The van der Waals surface area contributed by atoms with Crippen LogP contribution >= 0.6 is 45.2 Å². The fraction of sp³-hybridized carbons (Fsp3) is 0.350. The van der Waals surface area contributed by atoms with Crippen molar-refractivity contribution in [3.8, 4) is 5.75 Å².